The first kappa shape index (κ1) is 15.5. The van der Waals surface area contributed by atoms with Gasteiger partial charge in [-0.3, -0.25) is 4.79 Å². The molecule has 2 unspecified atom stereocenters. The van der Waals surface area contributed by atoms with Crippen molar-refractivity contribution in [1.82, 2.24) is 10.6 Å². The maximum atomic E-state index is 12.6. The molecule has 2 N–H and O–H groups in total. The van der Waals surface area contributed by atoms with E-state index >= 15 is 0 Å². The fraction of sp³-hybridized carbons (Fsp3) is 0.632. The summed E-state index contributed by atoms with van der Waals surface area (Å²) in [6, 6.07) is 10.8. The molecule has 1 aliphatic heterocycles. The molecule has 0 radical (unpaired) electrons. The molecule has 0 aromatic heterocycles. The molecule has 2 atom stereocenters. The largest absolute Gasteiger partial charge is 0.353 e. The molecule has 2 aliphatic rings. The highest BCUT2D eigenvalue weighted by Gasteiger charge is 2.57. The van der Waals surface area contributed by atoms with Gasteiger partial charge in [0.15, 0.2) is 0 Å². The van der Waals surface area contributed by atoms with Crippen molar-refractivity contribution in [2.24, 2.45) is 11.3 Å². The molecule has 3 rings (SSSR count). The highest BCUT2D eigenvalue weighted by molar-refractivity contribution is 5.83. The van der Waals surface area contributed by atoms with Crippen molar-refractivity contribution in [1.29, 1.82) is 0 Å². The Morgan fingerprint density at radius 1 is 1.32 bits per heavy atom. The van der Waals surface area contributed by atoms with Crippen LogP contribution in [0, 0.1) is 11.3 Å². The van der Waals surface area contributed by atoms with E-state index in [9.17, 15) is 4.79 Å². The SMILES string of the molecule is CCCC(Cc1ccccc1)NC(=O)C1CC12CCNCC2. The van der Waals surface area contributed by atoms with E-state index in [1.54, 1.807) is 0 Å². The van der Waals surface area contributed by atoms with Crippen LogP contribution in [0.2, 0.25) is 0 Å². The molecule has 22 heavy (non-hydrogen) atoms. The number of amides is 1. The minimum atomic E-state index is 0.268. The Balaban J connectivity index is 1.56. The molecule has 1 aliphatic carbocycles. The molecule has 3 heteroatoms. The highest BCUT2D eigenvalue weighted by Crippen LogP contribution is 2.58. The van der Waals surface area contributed by atoms with Crippen LogP contribution in [0.5, 0.6) is 0 Å². The second-order valence-corrected chi connectivity index (χ2v) is 7.05. The van der Waals surface area contributed by atoms with Crippen LogP contribution in [-0.2, 0) is 11.2 Å². The Bertz CT molecular complexity index is 493. The first-order valence-electron chi connectivity index (χ1n) is 8.78. The second-order valence-electron chi connectivity index (χ2n) is 7.05. The molecule has 0 bridgehead atoms. The molecular formula is C19H28N2O. The quantitative estimate of drug-likeness (QED) is 0.848. The Kier molecular flexibility index (Phi) is 4.82. The molecule has 120 valence electrons. The number of hydrogen-bond donors (Lipinski definition) is 2. The van der Waals surface area contributed by atoms with Crippen LogP contribution in [0.3, 0.4) is 0 Å². The number of piperidine rings is 1. The van der Waals surface area contributed by atoms with E-state index in [1.807, 2.05) is 6.07 Å². The van der Waals surface area contributed by atoms with E-state index in [2.05, 4.69) is 41.8 Å². The van der Waals surface area contributed by atoms with E-state index in [0.29, 0.717) is 11.3 Å². The maximum Gasteiger partial charge on any atom is 0.223 e. The normalized spacial score (nSPS) is 24.0. The summed E-state index contributed by atoms with van der Waals surface area (Å²) in [5.41, 5.74) is 1.65. The van der Waals surface area contributed by atoms with Gasteiger partial charge in [0.2, 0.25) is 5.91 Å². The summed E-state index contributed by atoms with van der Waals surface area (Å²) in [6.07, 6.45) is 6.55. The average Bonchev–Trinajstić information content (AvgIpc) is 3.22. The van der Waals surface area contributed by atoms with Gasteiger partial charge in [0.1, 0.15) is 0 Å². The van der Waals surface area contributed by atoms with Gasteiger partial charge in [-0.15, -0.1) is 0 Å². The molecule has 1 aromatic rings. The lowest BCUT2D eigenvalue weighted by molar-refractivity contribution is -0.124. The predicted octanol–water partition coefficient (Wildman–Crippen LogP) is 2.90. The molecule has 1 heterocycles. The van der Waals surface area contributed by atoms with Gasteiger partial charge in [-0.1, -0.05) is 43.7 Å². The molecule has 1 amide bonds. The number of carbonyl (C=O) groups is 1. The van der Waals surface area contributed by atoms with E-state index in [0.717, 1.165) is 38.8 Å². The fourth-order valence-electron chi connectivity index (χ4n) is 3.97. The summed E-state index contributed by atoms with van der Waals surface area (Å²) in [5.74, 6) is 0.570. The number of carbonyl (C=O) groups excluding carboxylic acids is 1. The Morgan fingerprint density at radius 3 is 2.73 bits per heavy atom. The number of hydrogen-bond acceptors (Lipinski definition) is 2. The van der Waals surface area contributed by atoms with Crippen LogP contribution < -0.4 is 10.6 Å². The van der Waals surface area contributed by atoms with Gasteiger partial charge in [0, 0.05) is 12.0 Å². The van der Waals surface area contributed by atoms with E-state index in [-0.39, 0.29) is 12.0 Å². The molecule has 3 nitrogen and oxygen atoms in total. The smallest absolute Gasteiger partial charge is 0.223 e. The lowest BCUT2D eigenvalue weighted by Crippen LogP contribution is -2.39. The summed E-state index contributed by atoms with van der Waals surface area (Å²) in [6.45, 7) is 4.34. The minimum absolute atomic E-state index is 0.268. The molecule has 1 aromatic carbocycles. The van der Waals surface area contributed by atoms with Crippen LogP contribution in [0.4, 0.5) is 0 Å². The molecule has 2 fully saturated rings. The van der Waals surface area contributed by atoms with Crippen molar-refractivity contribution < 1.29 is 4.79 Å². The zero-order chi connectivity index (χ0) is 15.4. The summed E-state index contributed by atoms with van der Waals surface area (Å²) >= 11 is 0. The zero-order valence-electron chi connectivity index (χ0n) is 13.6. The van der Waals surface area contributed by atoms with Crippen molar-refractivity contribution in [3.63, 3.8) is 0 Å². The standard InChI is InChI=1S/C19H28N2O/c1-2-6-16(13-15-7-4-3-5-8-15)21-18(22)17-14-19(17)9-11-20-12-10-19/h3-5,7-8,16-17,20H,2,6,9-14H2,1H3,(H,21,22). The minimum Gasteiger partial charge on any atom is -0.353 e. The van der Waals surface area contributed by atoms with Crippen LogP contribution in [0.1, 0.15) is 44.6 Å². The Hall–Kier alpha value is -1.35. The fourth-order valence-corrected chi connectivity index (χ4v) is 3.97. The van der Waals surface area contributed by atoms with Gasteiger partial charge in [0.25, 0.3) is 0 Å². The first-order valence-corrected chi connectivity index (χ1v) is 8.78. The topological polar surface area (TPSA) is 41.1 Å². The Labute approximate surface area is 133 Å². The van der Waals surface area contributed by atoms with Crippen molar-refractivity contribution in [2.45, 2.75) is 51.5 Å². The molecular weight excluding hydrogens is 272 g/mol. The van der Waals surface area contributed by atoms with E-state index < -0.39 is 0 Å². The van der Waals surface area contributed by atoms with Gasteiger partial charge >= 0.3 is 0 Å². The number of rotatable bonds is 6. The van der Waals surface area contributed by atoms with Crippen molar-refractivity contribution >= 4 is 5.91 Å². The van der Waals surface area contributed by atoms with Gasteiger partial charge in [-0.25, -0.2) is 0 Å². The van der Waals surface area contributed by atoms with Gasteiger partial charge < -0.3 is 10.6 Å². The number of nitrogens with one attached hydrogen (secondary N) is 2. The lowest BCUT2D eigenvalue weighted by atomic mass is 9.91. The maximum absolute atomic E-state index is 12.6. The predicted molar refractivity (Wildman–Crippen MR) is 89.6 cm³/mol. The van der Waals surface area contributed by atoms with Crippen LogP contribution >= 0.6 is 0 Å². The lowest BCUT2D eigenvalue weighted by Gasteiger charge is -2.24. The first-order chi connectivity index (χ1) is 10.7. The zero-order valence-corrected chi connectivity index (χ0v) is 13.6. The molecule has 1 saturated heterocycles. The van der Waals surface area contributed by atoms with Gasteiger partial charge in [-0.2, -0.15) is 0 Å². The van der Waals surface area contributed by atoms with Crippen molar-refractivity contribution in [2.75, 3.05) is 13.1 Å². The third-order valence-corrected chi connectivity index (χ3v) is 5.41. The van der Waals surface area contributed by atoms with Gasteiger partial charge in [-0.05, 0) is 56.2 Å². The summed E-state index contributed by atoms with van der Waals surface area (Å²) in [4.78, 5) is 12.6. The highest BCUT2D eigenvalue weighted by atomic mass is 16.2. The number of benzene rings is 1. The van der Waals surface area contributed by atoms with Crippen LogP contribution in [0.25, 0.3) is 0 Å². The average molecular weight is 300 g/mol. The Morgan fingerprint density at radius 2 is 2.05 bits per heavy atom. The summed E-state index contributed by atoms with van der Waals surface area (Å²) < 4.78 is 0. The third-order valence-electron chi connectivity index (χ3n) is 5.41. The van der Waals surface area contributed by atoms with Crippen LogP contribution in [0.15, 0.2) is 30.3 Å². The third kappa shape index (κ3) is 3.52. The molecule has 1 saturated carbocycles. The van der Waals surface area contributed by atoms with Crippen LogP contribution in [-0.4, -0.2) is 25.0 Å². The molecule has 1 spiro atoms. The van der Waals surface area contributed by atoms with E-state index in [4.69, 9.17) is 0 Å². The van der Waals surface area contributed by atoms with Gasteiger partial charge in [0.05, 0.1) is 0 Å². The van der Waals surface area contributed by atoms with Crippen molar-refractivity contribution in [3.05, 3.63) is 35.9 Å². The van der Waals surface area contributed by atoms with E-state index in [1.165, 1.54) is 18.4 Å². The van der Waals surface area contributed by atoms with Crippen molar-refractivity contribution in [3.8, 4) is 0 Å². The summed E-state index contributed by atoms with van der Waals surface area (Å²) in [5, 5.41) is 6.74. The monoisotopic (exact) mass is 300 g/mol. The second kappa shape index (κ2) is 6.82. The summed E-state index contributed by atoms with van der Waals surface area (Å²) in [7, 11) is 0.